The van der Waals surface area contributed by atoms with Crippen LogP contribution >= 0.6 is 0 Å². The highest BCUT2D eigenvalue weighted by molar-refractivity contribution is 5.72. The second kappa shape index (κ2) is 4.98. The Morgan fingerprint density at radius 1 is 0.938 bits per heavy atom. The van der Waals surface area contributed by atoms with E-state index in [0.717, 1.165) is 11.1 Å². The van der Waals surface area contributed by atoms with E-state index >= 15 is 0 Å². The average molecular weight is 212 g/mol. The molecule has 0 bridgehead atoms. The molecule has 0 amide bonds. The van der Waals surface area contributed by atoms with Crippen molar-refractivity contribution in [1.29, 1.82) is 0 Å². The van der Waals surface area contributed by atoms with Gasteiger partial charge in [0.05, 0.1) is 0 Å². The van der Waals surface area contributed by atoms with Crippen molar-refractivity contribution < 1.29 is 0 Å². The van der Waals surface area contributed by atoms with Gasteiger partial charge in [0, 0.05) is 0 Å². The summed E-state index contributed by atoms with van der Waals surface area (Å²) in [5.74, 6) is 0. The molecule has 0 spiro atoms. The molecule has 1 aromatic carbocycles. The molecular formula is C16H20. The highest BCUT2D eigenvalue weighted by atomic mass is 14.1. The van der Waals surface area contributed by atoms with Crippen LogP contribution in [0.3, 0.4) is 0 Å². The van der Waals surface area contributed by atoms with E-state index < -0.39 is 0 Å². The Kier molecular flexibility index (Phi) is 3.89. The van der Waals surface area contributed by atoms with Gasteiger partial charge in [0.15, 0.2) is 0 Å². The first kappa shape index (κ1) is 12.5. The van der Waals surface area contributed by atoms with E-state index in [2.05, 4.69) is 58.2 Å². The van der Waals surface area contributed by atoms with Gasteiger partial charge in [-0.15, -0.1) is 0 Å². The fourth-order valence-electron chi connectivity index (χ4n) is 1.57. The van der Waals surface area contributed by atoms with Crippen LogP contribution in [0.15, 0.2) is 54.1 Å². The third-order valence-electron chi connectivity index (χ3n) is 3.01. The minimum absolute atomic E-state index is 1.03. The maximum absolute atomic E-state index is 4.06. The van der Waals surface area contributed by atoms with Gasteiger partial charge in [0.1, 0.15) is 0 Å². The summed E-state index contributed by atoms with van der Waals surface area (Å²) in [6.07, 6.45) is 0. The monoisotopic (exact) mass is 212 g/mol. The van der Waals surface area contributed by atoms with Crippen molar-refractivity contribution in [3.8, 4) is 0 Å². The predicted octanol–water partition coefficient (Wildman–Crippen LogP) is 4.92. The van der Waals surface area contributed by atoms with Crippen LogP contribution in [-0.4, -0.2) is 0 Å². The lowest BCUT2D eigenvalue weighted by atomic mass is 9.94. The second-order valence-electron chi connectivity index (χ2n) is 4.37. The molecule has 0 aliphatic carbocycles. The highest BCUT2D eigenvalue weighted by Crippen LogP contribution is 2.25. The lowest BCUT2D eigenvalue weighted by molar-refractivity contribution is 1.33. The van der Waals surface area contributed by atoms with Crippen molar-refractivity contribution in [3.63, 3.8) is 0 Å². The maximum atomic E-state index is 4.06. The Hall–Kier alpha value is -1.56. The van der Waals surface area contributed by atoms with E-state index in [1.165, 1.54) is 22.3 Å². The molecule has 0 aliphatic rings. The molecule has 0 atom stereocenters. The zero-order valence-electron chi connectivity index (χ0n) is 10.7. The molecule has 16 heavy (non-hydrogen) atoms. The smallest absolute Gasteiger partial charge is 0.0224 e. The third kappa shape index (κ3) is 2.73. The summed E-state index contributed by atoms with van der Waals surface area (Å²) >= 11 is 0. The Balaban J connectivity index is 3.13. The zero-order chi connectivity index (χ0) is 12.3. The van der Waals surface area contributed by atoms with Gasteiger partial charge in [0.25, 0.3) is 0 Å². The predicted molar refractivity (Wildman–Crippen MR) is 73.4 cm³/mol. The Morgan fingerprint density at radius 3 is 1.88 bits per heavy atom. The summed E-state index contributed by atoms with van der Waals surface area (Å²) in [6.45, 7) is 16.3. The van der Waals surface area contributed by atoms with Crippen LogP contribution in [0.4, 0.5) is 0 Å². The van der Waals surface area contributed by atoms with Crippen LogP contribution in [0.5, 0.6) is 0 Å². The molecule has 84 valence electrons. The Bertz CT molecular complexity index is 441. The maximum Gasteiger partial charge on any atom is -0.0224 e. The van der Waals surface area contributed by atoms with Crippen LogP contribution in [0.1, 0.15) is 31.9 Å². The molecule has 1 aromatic rings. The highest BCUT2D eigenvalue weighted by Gasteiger charge is 2.04. The first-order chi connectivity index (χ1) is 7.43. The number of hydrogen-bond donors (Lipinski definition) is 0. The molecule has 0 N–H and O–H groups in total. The summed E-state index contributed by atoms with van der Waals surface area (Å²) in [5.41, 5.74) is 7.10. The topological polar surface area (TPSA) is 0 Å². The molecule has 0 saturated heterocycles. The van der Waals surface area contributed by atoms with Crippen molar-refractivity contribution in [2.75, 3.05) is 0 Å². The van der Waals surface area contributed by atoms with Gasteiger partial charge in [-0.1, -0.05) is 48.6 Å². The van der Waals surface area contributed by atoms with Gasteiger partial charge >= 0.3 is 0 Å². The largest absolute Gasteiger partial charge is 0.0955 e. The van der Waals surface area contributed by atoms with Crippen molar-refractivity contribution >= 4 is 5.57 Å². The molecule has 0 radical (unpaired) electrons. The van der Waals surface area contributed by atoms with Gasteiger partial charge in [-0.3, -0.25) is 0 Å². The molecule has 0 heteroatoms. The van der Waals surface area contributed by atoms with Gasteiger partial charge in [-0.25, -0.2) is 0 Å². The minimum atomic E-state index is 1.03. The summed E-state index contributed by atoms with van der Waals surface area (Å²) < 4.78 is 0. The van der Waals surface area contributed by atoms with Crippen LogP contribution in [0, 0.1) is 6.92 Å². The summed E-state index contributed by atoms with van der Waals surface area (Å²) in [5, 5.41) is 0. The van der Waals surface area contributed by atoms with Crippen molar-refractivity contribution in [3.05, 3.63) is 65.3 Å². The van der Waals surface area contributed by atoms with Gasteiger partial charge in [-0.05, 0) is 50.0 Å². The lowest BCUT2D eigenvalue weighted by Gasteiger charge is -2.11. The zero-order valence-corrected chi connectivity index (χ0v) is 10.7. The molecule has 0 heterocycles. The molecule has 1 rings (SSSR count). The Labute approximate surface area is 99.0 Å². The summed E-state index contributed by atoms with van der Waals surface area (Å²) in [4.78, 5) is 0. The number of benzene rings is 1. The molecular weight excluding hydrogens is 192 g/mol. The van der Waals surface area contributed by atoms with Crippen LogP contribution < -0.4 is 0 Å². The van der Waals surface area contributed by atoms with E-state index in [0.29, 0.717) is 0 Å². The number of hydrogen-bond acceptors (Lipinski definition) is 0. The van der Waals surface area contributed by atoms with Crippen molar-refractivity contribution in [2.45, 2.75) is 27.7 Å². The standard InChI is InChI=1S/C16H20/c1-11(2)13(4)14(5)15(6)16-9-7-12(3)8-10-16/h7-10H,1,4H2,2-3,5-6H3/b15-14+. The second-order valence-corrected chi connectivity index (χ2v) is 4.37. The molecule has 0 nitrogen and oxygen atoms in total. The molecule has 0 fully saturated rings. The number of rotatable bonds is 3. The van der Waals surface area contributed by atoms with Crippen molar-refractivity contribution in [2.24, 2.45) is 0 Å². The first-order valence-electron chi connectivity index (χ1n) is 5.53. The lowest BCUT2D eigenvalue weighted by Crippen LogP contribution is -1.90. The van der Waals surface area contributed by atoms with Crippen molar-refractivity contribution in [1.82, 2.24) is 0 Å². The SMILES string of the molecule is C=C(C)C(=C)/C(C)=C(\C)c1ccc(C)cc1. The van der Waals surface area contributed by atoms with Gasteiger partial charge in [0.2, 0.25) is 0 Å². The van der Waals surface area contributed by atoms with E-state index in [1.807, 2.05) is 6.92 Å². The molecule has 0 aliphatic heterocycles. The summed E-state index contributed by atoms with van der Waals surface area (Å²) in [6, 6.07) is 8.57. The van der Waals surface area contributed by atoms with E-state index in [1.54, 1.807) is 0 Å². The van der Waals surface area contributed by atoms with E-state index in [9.17, 15) is 0 Å². The number of allylic oxidation sites excluding steroid dienone is 4. The quantitative estimate of drug-likeness (QED) is 0.624. The normalized spacial score (nSPS) is 12.0. The van der Waals surface area contributed by atoms with E-state index in [-0.39, 0.29) is 0 Å². The fraction of sp³-hybridized carbons (Fsp3) is 0.250. The van der Waals surface area contributed by atoms with Crippen LogP contribution in [0.2, 0.25) is 0 Å². The first-order valence-corrected chi connectivity index (χ1v) is 5.53. The average Bonchev–Trinajstić information content (AvgIpc) is 2.27. The molecule has 0 unspecified atom stereocenters. The molecule has 0 saturated carbocycles. The Morgan fingerprint density at radius 2 is 1.44 bits per heavy atom. The molecule has 0 aromatic heterocycles. The summed E-state index contributed by atoms with van der Waals surface area (Å²) in [7, 11) is 0. The minimum Gasteiger partial charge on any atom is -0.0955 e. The van der Waals surface area contributed by atoms with Gasteiger partial charge < -0.3 is 0 Å². The fourth-order valence-corrected chi connectivity index (χ4v) is 1.57. The van der Waals surface area contributed by atoms with Crippen LogP contribution in [0.25, 0.3) is 5.57 Å². The number of aryl methyl sites for hydroxylation is 1. The van der Waals surface area contributed by atoms with E-state index in [4.69, 9.17) is 0 Å². The third-order valence-corrected chi connectivity index (χ3v) is 3.01. The van der Waals surface area contributed by atoms with Crippen LogP contribution in [-0.2, 0) is 0 Å². The van der Waals surface area contributed by atoms with Gasteiger partial charge in [-0.2, -0.15) is 0 Å².